The summed E-state index contributed by atoms with van der Waals surface area (Å²) in [6.45, 7) is 0. The Morgan fingerprint density at radius 2 is 1.76 bits per heavy atom. The van der Waals surface area contributed by atoms with Crippen molar-refractivity contribution in [3.63, 3.8) is 0 Å². The molecule has 1 fully saturated rings. The number of hydrogen-bond acceptors (Lipinski definition) is 2. The summed E-state index contributed by atoms with van der Waals surface area (Å²) in [5, 5.41) is 13.7. The van der Waals surface area contributed by atoms with Crippen LogP contribution >= 0.6 is 23.2 Å². The number of halogens is 2. The standard InChI is InChI=1S/C13H14Cl2N2/c14-10-5-11(15)7-12(6-10)17-13-4-2-1-3-9(13)8-16/h5-7,9,13,17H,1-4H2. The summed E-state index contributed by atoms with van der Waals surface area (Å²) >= 11 is 11.9. The summed E-state index contributed by atoms with van der Waals surface area (Å²) in [6.07, 6.45) is 4.32. The summed E-state index contributed by atoms with van der Waals surface area (Å²) in [6, 6.07) is 7.98. The molecule has 0 amide bonds. The Kier molecular flexibility index (Phi) is 4.15. The van der Waals surface area contributed by atoms with Crippen molar-refractivity contribution in [3.05, 3.63) is 28.2 Å². The Bertz CT molecular complexity index is 419. The highest BCUT2D eigenvalue weighted by Gasteiger charge is 2.24. The zero-order chi connectivity index (χ0) is 12.3. The molecule has 1 aromatic carbocycles. The van der Waals surface area contributed by atoms with E-state index in [2.05, 4.69) is 11.4 Å². The second kappa shape index (κ2) is 5.62. The maximum atomic E-state index is 9.11. The number of nitriles is 1. The van der Waals surface area contributed by atoms with Crippen molar-refractivity contribution in [1.82, 2.24) is 0 Å². The van der Waals surface area contributed by atoms with Crippen LogP contribution < -0.4 is 5.32 Å². The number of rotatable bonds is 2. The normalized spacial score (nSPS) is 24.1. The van der Waals surface area contributed by atoms with E-state index in [1.165, 1.54) is 6.42 Å². The largest absolute Gasteiger partial charge is 0.381 e. The van der Waals surface area contributed by atoms with E-state index < -0.39 is 0 Å². The molecular formula is C13H14Cl2N2. The lowest BCUT2D eigenvalue weighted by Gasteiger charge is -2.28. The molecule has 2 nitrogen and oxygen atoms in total. The zero-order valence-electron chi connectivity index (χ0n) is 9.42. The maximum absolute atomic E-state index is 9.11. The first-order valence-corrected chi connectivity index (χ1v) is 6.57. The molecule has 1 N–H and O–H groups in total. The molecule has 1 aliphatic rings. The van der Waals surface area contributed by atoms with Gasteiger partial charge in [-0.3, -0.25) is 0 Å². The van der Waals surface area contributed by atoms with Crippen LogP contribution in [0, 0.1) is 17.2 Å². The predicted molar refractivity (Wildman–Crippen MR) is 71.4 cm³/mol. The third kappa shape index (κ3) is 3.28. The van der Waals surface area contributed by atoms with E-state index in [-0.39, 0.29) is 12.0 Å². The highest BCUT2D eigenvalue weighted by molar-refractivity contribution is 6.35. The van der Waals surface area contributed by atoms with Crippen molar-refractivity contribution >= 4 is 28.9 Å². The van der Waals surface area contributed by atoms with Gasteiger partial charge in [0.05, 0.1) is 12.0 Å². The van der Waals surface area contributed by atoms with Crippen LogP contribution in [0.4, 0.5) is 5.69 Å². The number of benzene rings is 1. The second-order valence-electron chi connectivity index (χ2n) is 4.43. The quantitative estimate of drug-likeness (QED) is 0.858. The van der Waals surface area contributed by atoms with Gasteiger partial charge in [-0.05, 0) is 31.0 Å². The van der Waals surface area contributed by atoms with Crippen LogP contribution in [0.25, 0.3) is 0 Å². The Balaban J connectivity index is 2.11. The first kappa shape index (κ1) is 12.5. The minimum Gasteiger partial charge on any atom is -0.381 e. The summed E-state index contributed by atoms with van der Waals surface area (Å²) in [5.74, 6) is 0.0847. The van der Waals surface area contributed by atoms with Crippen LogP contribution in [0.2, 0.25) is 10.0 Å². The van der Waals surface area contributed by atoms with Gasteiger partial charge in [0, 0.05) is 21.8 Å². The van der Waals surface area contributed by atoms with Crippen molar-refractivity contribution in [2.45, 2.75) is 31.7 Å². The van der Waals surface area contributed by atoms with Crippen LogP contribution in [-0.4, -0.2) is 6.04 Å². The molecule has 1 aromatic rings. The van der Waals surface area contributed by atoms with Crippen LogP contribution in [0.3, 0.4) is 0 Å². The fourth-order valence-electron chi connectivity index (χ4n) is 2.31. The average Bonchev–Trinajstić information content (AvgIpc) is 2.28. The number of hydrogen-bond donors (Lipinski definition) is 1. The Labute approximate surface area is 112 Å². The first-order chi connectivity index (χ1) is 8.19. The van der Waals surface area contributed by atoms with Crippen LogP contribution in [0.15, 0.2) is 18.2 Å². The number of nitrogens with one attached hydrogen (secondary N) is 1. The lowest BCUT2D eigenvalue weighted by atomic mass is 9.85. The minimum absolute atomic E-state index is 0.0847. The molecule has 0 aromatic heterocycles. The van der Waals surface area contributed by atoms with Gasteiger partial charge in [-0.2, -0.15) is 5.26 Å². The first-order valence-electron chi connectivity index (χ1n) is 5.81. The van der Waals surface area contributed by atoms with Crippen molar-refractivity contribution in [3.8, 4) is 6.07 Å². The zero-order valence-corrected chi connectivity index (χ0v) is 10.9. The van der Waals surface area contributed by atoms with E-state index in [0.717, 1.165) is 24.9 Å². The summed E-state index contributed by atoms with van der Waals surface area (Å²) in [5.41, 5.74) is 0.898. The third-order valence-electron chi connectivity index (χ3n) is 3.15. The topological polar surface area (TPSA) is 35.8 Å². The van der Waals surface area contributed by atoms with E-state index in [1.807, 2.05) is 12.1 Å². The van der Waals surface area contributed by atoms with E-state index in [1.54, 1.807) is 6.07 Å². The second-order valence-corrected chi connectivity index (χ2v) is 5.30. The molecule has 2 rings (SSSR count). The molecule has 0 saturated heterocycles. The molecule has 0 spiro atoms. The number of nitrogens with zero attached hydrogens (tertiary/aromatic N) is 1. The molecule has 2 atom stereocenters. The average molecular weight is 269 g/mol. The van der Waals surface area contributed by atoms with Gasteiger partial charge in [0.1, 0.15) is 0 Å². The van der Waals surface area contributed by atoms with Gasteiger partial charge in [0.25, 0.3) is 0 Å². The molecule has 0 bridgehead atoms. The monoisotopic (exact) mass is 268 g/mol. The fourth-order valence-corrected chi connectivity index (χ4v) is 2.84. The minimum atomic E-state index is 0.0847. The van der Waals surface area contributed by atoms with Gasteiger partial charge in [0.2, 0.25) is 0 Å². The highest BCUT2D eigenvalue weighted by atomic mass is 35.5. The lowest BCUT2D eigenvalue weighted by Crippen LogP contribution is -2.31. The Hall–Kier alpha value is -0.910. The molecule has 0 radical (unpaired) electrons. The summed E-state index contributed by atoms with van der Waals surface area (Å²) in [4.78, 5) is 0. The van der Waals surface area contributed by atoms with Crippen molar-refractivity contribution in [1.29, 1.82) is 5.26 Å². The number of anilines is 1. The van der Waals surface area contributed by atoms with E-state index >= 15 is 0 Å². The van der Waals surface area contributed by atoms with Crippen molar-refractivity contribution < 1.29 is 0 Å². The Morgan fingerprint density at radius 1 is 1.12 bits per heavy atom. The molecule has 0 heterocycles. The molecule has 4 heteroatoms. The summed E-state index contributed by atoms with van der Waals surface area (Å²) in [7, 11) is 0. The Morgan fingerprint density at radius 3 is 2.41 bits per heavy atom. The molecule has 1 aliphatic carbocycles. The SMILES string of the molecule is N#CC1CCCCC1Nc1cc(Cl)cc(Cl)c1. The fraction of sp³-hybridized carbons (Fsp3) is 0.462. The molecule has 2 unspecified atom stereocenters. The highest BCUT2D eigenvalue weighted by Crippen LogP contribution is 2.29. The molecule has 0 aliphatic heterocycles. The van der Waals surface area contributed by atoms with Gasteiger partial charge < -0.3 is 5.32 Å². The van der Waals surface area contributed by atoms with Gasteiger partial charge in [-0.15, -0.1) is 0 Å². The maximum Gasteiger partial charge on any atom is 0.0677 e. The van der Waals surface area contributed by atoms with Gasteiger partial charge in [-0.25, -0.2) is 0 Å². The van der Waals surface area contributed by atoms with Crippen molar-refractivity contribution in [2.75, 3.05) is 5.32 Å². The van der Waals surface area contributed by atoms with Crippen LogP contribution in [0.5, 0.6) is 0 Å². The van der Waals surface area contributed by atoms with Gasteiger partial charge in [0.15, 0.2) is 0 Å². The third-order valence-corrected chi connectivity index (χ3v) is 3.58. The molecule has 1 saturated carbocycles. The summed E-state index contributed by atoms with van der Waals surface area (Å²) < 4.78 is 0. The molecule has 17 heavy (non-hydrogen) atoms. The van der Waals surface area contributed by atoms with Gasteiger partial charge in [-0.1, -0.05) is 36.0 Å². The smallest absolute Gasteiger partial charge is 0.0677 e. The predicted octanol–water partition coefficient (Wildman–Crippen LogP) is 4.49. The molecule has 90 valence electrons. The van der Waals surface area contributed by atoms with E-state index in [4.69, 9.17) is 28.5 Å². The van der Waals surface area contributed by atoms with Crippen molar-refractivity contribution in [2.24, 2.45) is 5.92 Å². The lowest BCUT2D eigenvalue weighted by molar-refractivity contribution is 0.389. The van der Waals surface area contributed by atoms with Crippen LogP contribution in [-0.2, 0) is 0 Å². The van der Waals surface area contributed by atoms with E-state index in [9.17, 15) is 0 Å². The van der Waals surface area contributed by atoms with Gasteiger partial charge >= 0.3 is 0 Å². The van der Waals surface area contributed by atoms with Crippen LogP contribution in [0.1, 0.15) is 25.7 Å². The van der Waals surface area contributed by atoms with E-state index in [0.29, 0.717) is 10.0 Å². The molecular weight excluding hydrogens is 255 g/mol.